The van der Waals surface area contributed by atoms with Crippen LogP contribution in [-0.4, -0.2) is 23.1 Å². The van der Waals surface area contributed by atoms with Crippen LogP contribution in [0.3, 0.4) is 0 Å². The van der Waals surface area contributed by atoms with E-state index in [1.807, 2.05) is 12.1 Å². The molecule has 1 aromatic heterocycles. The highest BCUT2D eigenvalue weighted by molar-refractivity contribution is 5.32. The van der Waals surface area contributed by atoms with Crippen molar-refractivity contribution in [2.24, 2.45) is 0 Å². The number of nitrogens with zero attached hydrogens (tertiary/aromatic N) is 3. The minimum atomic E-state index is -0.460. The van der Waals surface area contributed by atoms with E-state index in [2.05, 4.69) is 15.3 Å². The van der Waals surface area contributed by atoms with E-state index < -0.39 is 5.82 Å². The van der Waals surface area contributed by atoms with E-state index in [9.17, 15) is 4.39 Å². The van der Waals surface area contributed by atoms with E-state index in [4.69, 9.17) is 10.00 Å². The predicted molar refractivity (Wildman–Crippen MR) is 82.3 cm³/mol. The average molecular weight is 312 g/mol. The minimum absolute atomic E-state index is 0.0349. The molecule has 0 spiro atoms. The zero-order valence-corrected chi connectivity index (χ0v) is 12.6. The first-order chi connectivity index (χ1) is 11.3. The molecule has 2 aromatic rings. The Hall–Kier alpha value is -2.52. The minimum Gasteiger partial charge on any atom is -0.458 e. The maximum absolute atomic E-state index is 13.8. The normalized spacial score (nSPS) is 15.1. The summed E-state index contributed by atoms with van der Waals surface area (Å²) in [4.78, 5) is 8.53. The van der Waals surface area contributed by atoms with Gasteiger partial charge < -0.3 is 10.1 Å². The maximum atomic E-state index is 13.8. The fraction of sp³-hybridized carbons (Fsp3) is 0.353. The third-order valence-electron chi connectivity index (χ3n) is 3.95. The molecule has 6 heteroatoms. The fourth-order valence-corrected chi connectivity index (χ4v) is 2.64. The van der Waals surface area contributed by atoms with Crippen LogP contribution in [0.5, 0.6) is 6.01 Å². The lowest BCUT2D eigenvalue weighted by atomic mass is 9.94. The van der Waals surface area contributed by atoms with Gasteiger partial charge >= 0.3 is 6.01 Å². The van der Waals surface area contributed by atoms with E-state index >= 15 is 0 Å². The van der Waals surface area contributed by atoms with Crippen LogP contribution in [0.15, 0.2) is 30.5 Å². The van der Waals surface area contributed by atoms with Gasteiger partial charge in [-0.2, -0.15) is 10.2 Å². The van der Waals surface area contributed by atoms with Crippen LogP contribution >= 0.6 is 0 Å². The van der Waals surface area contributed by atoms with Crippen LogP contribution < -0.4 is 10.1 Å². The Kier molecular flexibility index (Phi) is 4.79. The van der Waals surface area contributed by atoms with Crippen molar-refractivity contribution < 1.29 is 9.13 Å². The van der Waals surface area contributed by atoms with Gasteiger partial charge in [0.1, 0.15) is 12.4 Å². The molecule has 1 N–H and O–H groups in total. The van der Waals surface area contributed by atoms with Crippen LogP contribution in [-0.2, 0) is 6.61 Å². The third-order valence-corrected chi connectivity index (χ3v) is 3.95. The molecular weight excluding hydrogens is 295 g/mol. The number of rotatable bonds is 4. The smallest absolute Gasteiger partial charge is 0.316 e. The predicted octanol–water partition coefficient (Wildman–Crippen LogP) is 2.53. The second-order valence-electron chi connectivity index (χ2n) is 5.50. The highest BCUT2D eigenvalue weighted by Crippen LogP contribution is 2.24. The van der Waals surface area contributed by atoms with Crippen molar-refractivity contribution in [1.29, 1.82) is 5.26 Å². The van der Waals surface area contributed by atoms with Crippen molar-refractivity contribution in [2.45, 2.75) is 25.4 Å². The van der Waals surface area contributed by atoms with Gasteiger partial charge in [0.05, 0.1) is 17.3 Å². The van der Waals surface area contributed by atoms with Crippen LogP contribution in [0.1, 0.15) is 35.6 Å². The Balaban J connectivity index is 1.67. The molecule has 0 radical (unpaired) electrons. The molecule has 118 valence electrons. The largest absolute Gasteiger partial charge is 0.458 e. The maximum Gasteiger partial charge on any atom is 0.316 e. The van der Waals surface area contributed by atoms with Gasteiger partial charge in [0.15, 0.2) is 0 Å². The van der Waals surface area contributed by atoms with E-state index in [0.29, 0.717) is 11.5 Å². The van der Waals surface area contributed by atoms with Gasteiger partial charge in [-0.3, -0.25) is 0 Å². The van der Waals surface area contributed by atoms with Gasteiger partial charge in [-0.1, -0.05) is 6.07 Å². The van der Waals surface area contributed by atoms with Crippen LogP contribution in [0.25, 0.3) is 0 Å². The molecule has 2 heterocycles. The Labute approximate surface area is 134 Å². The monoisotopic (exact) mass is 312 g/mol. The van der Waals surface area contributed by atoms with Gasteiger partial charge in [-0.05, 0) is 44.1 Å². The van der Waals surface area contributed by atoms with Crippen LogP contribution in [0, 0.1) is 17.1 Å². The molecule has 1 aliphatic heterocycles. The summed E-state index contributed by atoms with van der Waals surface area (Å²) in [6.45, 7) is 2.01. The average Bonchev–Trinajstić information content (AvgIpc) is 2.61. The Bertz CT molecular complexity index is 723. The Morgan fingerprint density at radius 2 is 2.13 bits per heavy atom. The number of halogens is 1. The number of aromatic nitrogens is 2. The number of nitrogens with one attached hydrogen (secondary N) is 1. The van der Waals surface area contributed by atoms with Crippen molar-refractivity contribution in [1.82, 2.24) is 15.3 Å². The first kappa shape index (κ1) is 15.4. The second-order valence-corrected chi connectivity index (χ2v) is 5.50. The summed E-state index contributed by atoms with van der Waals surface area (Å²) < 4.78 is 19.3. The molecule has 0 atom stereocenters. The molecule has 1 aromatic carbocycles. The zero-order valence-electron chi connectivity index (χ0n) is 12.6. The van der Waals surface area contributed by atoms with E-state index in [-0.39, 0.29) is 18.2 Å². The van der Waals surface area contributed by atoms with Crippen molar-refractivity contribution in [3.8, 4) is 12.1 Å². The number of nitriles is 1. The van der Waals surface area contributed by atoms with Crippen LogP contribution in [0.4, 0.5) is 4.39 Å². The molecule has 1 saturated heterocycles. The molecule has 0 aliphatic carbocycles. The molecular formula is C17H17FN4O. The zero-order chi connectivity index (χ0) is 16.1. The van der Waals surface area contributed by atoms with Crippen molar-refractivity contribution in [3.63, 3.8) is 0 Å². The Morgan fingerprint density at radius 1 is 1.30 bits per heavy atom. The lowest BCUT2D eigenvalue weighted by molar-refractivity contribution is 0.273. The van der Waals surface area contributed by atoms with Gasteiger partial charge in [0.2, 0.25) is 0 Å². The summed E-state index contributed by atoms with van der Waals surface area (Å²) in [6, 6.07) is 8.37. The number of ether oxygens (including phenoxy) is 1. The summed E-state index contributed by atoms with van der Waals surface area (Å²) in [6.07, 6.45) is 3.76. The van der Waals surface area contributed by atoms with E-state index in [1.165, 1.54) is 6.07 Å². The molecule has 0 unspecified atom stereocenters. The van der Waals surface area contributed by atoms with Crippen LogP contribution in [0.2, 0.25) is 0 Å². The second kappa shape index (κ2) is 7.16. The first-order valence-corrected chi connectivity index (χ1v) is 7.61. The highest BCUT2D eigenvalue weighted by Gasteiger charge is 2.17. The SMILES string of the molecule is N#Cc1ccc(COc2nccc(C3CCNCC3)n2)c(F)c1. The van der Waals surface area contributed by atoms with E-state index in [0.717, 1.165) is 31.6 Å². The number of piperidine rings is 1. The highest BCUT2D eigenvalue weighted by atomic mass is 19.1. The molecule has 1 aliphatic rings. The van der Waals surface area contributed by atoms with Gasteiger partial charge in [-0.25, -0.2) is 9.37 Å². The molecule has 23 heavy (non-hydrogen) atoms. The van der Waals surface area contributed by atoms with E-state index in [1.54, 1.807) is 18.3 Å². The molecule has 1 fully saturated rings. The molecule has 5 nitrogen and oxygen atoms in total. The van der Waals surface area contributed by atoms with Gasteiger partial charge in [0.25, 0.3) is 0 Å². The summed E-state index contributed by atoms with van der Waals surface area (Å²) in [5.74, 6) is -0.0493. The quantitative estimate of drug-likeness (QED) is 0.939. The first-order valence-electron chi connectivity index (χ1n) is 7.61. The molecule has 0 amide bonds. The Morgan fingerprint density at radius 3 is 2.87 bits per heavy atom. The lowest BCUT2D eigenvalue weighted by Gasteiger charge is -2.22. The van der Waals surface area contributed by atoms with Crippen molar-refractivity contribution in [3.05, 3.63) is 53.1 Å². The summed E-state index contributed by atoms with van der Waals surface area (Å²) in [7, 11) is 0. The van der Waals surface area contributed by atoms with Gasteiger partial charge in [0, 0.05) is 17.7 Å². The lowest BCUT2D eigenvalue weighted by Crippen LogP contribution is -2.27. The molecule has 3 rings (SSSR count). The van der Waals surface area contributed by atoms with Crippen molar-refractivity contribution in [2.75, 3.05) is 13.1 Å². The molecule has 0 saturated carbocycles. The number of hydrogen-bond acceptors (Lipinski definition) is 5. The summed E-state index contributed by atoms with van der Waals surface area (Å²) >= 11 is 0. The number of hydrogen-bond donors (Lipinski definition) is 1. The standard InChI is InChI=1S/C17H17FN4O/c18-15-9-12(10-19)1-2-14(15)11-23-17-21-8-5-16(22-17)13-3-6-20-7-4-13/h1-2,5,8-9,13,20H,3-4,6-7,11H2. The summed E-state index contributed by atoms with van der Waals surface area (Å²) in [5, 5.41) is 12.1. The summed E-state index contributed by atoms with van der Waals surface area (Å²) in [5.41, 5.74) is 1.63. The third kappa shape index (κ3) is 3.82. The fourth-order valence-electron chi connectivity index (χ4n) is 2.64. The topological polar surface area (TPSA) is 70.8 Å². The molecule has 0 bridgehead atoms. The van der Waals surface area contributed by atoms with Gasteiger partial charge in [-0.15, -0.1) is 0 Å². The van der Waals surface area contributed by atoms with Crippen molar-refractivity contribution >= 4 is 0 Å². The number of benzene rings is 1.